The van der Waals surface area contributed by atoms with Crippen LogP contribution in [-0.4, -0.2) is 14.9 Å². The summed E-state index contributed by atoms with van der Waals surface area (Å²) in [4.78, 5) is 0. The lowest BCUT2D eigenvalue weighted by Crippen LogP contribution is -2.11. The van der Waals surface area contributed by atoms with E-state index in [1.54, 1.807) is 4.68 Å². The number of aromatic nitrogens is 3. The maximum absolute atomic E-state index is 5.07. The minimum atomic E-state index is 0.690. The number of hydrogen-bond acceptors (Lipinski definition) is 4. The summed E-state index contributed by atoms with van der Waals surface area (Å²) >= 11 is 0. The molecule has 0 spiro atoms. The van der Waals surface area contributed by atoms with Crippen molar-refractivity contribution in [2.24, 2.45) is 7.05 Å². The number of nitrogens with one attached hydrogen (secondary N) is 1. The fraction of sp³-hybridized carbons (Fsp3) is 0.400. The first-order valence-corrected chi connectivity index (χ1v) is 4.84. The summed E-state index contributed by atoms with van der Waals surface area (Å²) in [6, 6.07) is 1.93. The van der Waals surface area contributed by atoms with E-state index in [0.717, 1.165) is 23.6 Å². The van der Waals surface area contributed by atoms with Gasteiger partial charge < -0.3 is 9.84 Å². The highest BCUT2D eigenvalue weighted by molar-refractivity contribution is 5.05. The molecule has 80 valence electrons. The van der Waals surface area contributed by atoms with Gasteiger partial charge in [0.1, 0.15) is 0 Å². The van der Waals surface area contributed by atoms with E-state index in [2.05, 4.69) is 15.6 Å². The van der Waals surface area contributed by atoms with Crippen LogP contribution in [0.2, 0.25) is 0 Å². The van der Waals surface area contributed by atoms with Crippen LogP contribution in [0.15, 0.2) is 23.0 Å². The van der Waals surface area contributed by atoms with Crippen LogP contribution < -0.4 is 5.32 Å². The molecule has 2 aromatic rings. The molecule has 2 aromatic heterocycles. The highest BCUT2D eigenvalue weighted by atomic mass is 16.5. The average molecular weight is 206 g/mol. The second kappa shape index (κ2) is 4.27. The molecule has 2 heterocycles. The third kappa shape index (κ3) is 2.66. The largest absolute Gasteiger partial charge is 0.360 e. The van der Waals surface area contributed by atoms with Gasteiger partial charge >= 0.3 is 0 Å². The number of nitrogens with zero attached hydrogens (tertiary/aromatic N) is 3. The molecule has 0 saturated heterocycles. The molecular weight excluding hydrogens is 192 g/mol. The van der Waals surface area contributed by atoms with Crippen LogP contribution in [0.3, 0.4) is 0 Å². The standard InChI is InChI=1S/C10H14N4O/c1-8-3-10(15-13-8)6-11-4-9-5-12-14(2)7-9/h3,5,7,11H,4,6H2,1-2H3. The van der Waals surface area contributed by atoms with Crippen LogP contribution in [0.1, 0.15) is 17.0 Å². The quantitative estimate of drug-likeness (QED) is 0.811. The topological polar surface area (TPSA) is 55.9 Å². The predicted molar refractivity (Wildman–Crippen MR) is 55.0 cm³/mol. The van der Waals surface area contributed by atoms with Crippen molar-refractivity contribution in [3.8, 4) is 0 Å². The number of hydrogen-bond donors (Lipinski definition) is 1. The Labute approximate surface area is 88.1 Å². The van der Waals surface area contributed by atoms with Gasteiger partial charge in [0.2, 0.25) is 0 Å². The smallest absolute Gasteiger partial charge is 0.150 e. The number of aryl methyl sites for hydroxylation is 2. The molecule has 0 unspecified atom stereocenters. The van der Waals surface area contributed by atoms with Gasteiger partial charge in [-0.3, -0.25) is 4.68 Å². The molecule has 0 amide bonds. The second-order valence-electron chi connectivity index (χ2n) is 3.56. The Morgan fingerprint density at radius 2 is 2.33 bits per heavy atom. The molecular formula is C10H14N4O. The molecule has 1 N–H and O–H groups in total. The molecule has 2 rings (SSSR count). The third-order valence-electron chi connectivity index (χ3n) is 2.06. The van der Waals surface area contributed by atoms with Crippen LogP contribution in [0.25, 0.3) is 0 Å². The molecule has 5 nitrogen and oxygen atoms in total. The molecule has 0 fully saturated rings. The summed E-state index contributed by atoms with van der Waals surface area (Å²) < 4.78 is 6.86. The first-order chi connectivity index (χ1) is 7.24. The molecule has 0 aliphatic carbocycles. The SMILES string of the molecule is Cc1cc(CNCc2cnn(C)c2)on1. The van der Waals surface area contributed by atoms with Gasteiger partial charge in [-0.2, -0.15) is 5.10 Å². The molecule has 0 bridgehead atoms. The van der Waals surface area contributed by atoms with Gasteiger partial charge in [0, 0.05) is 31.4 Å². The van der Waals surface area contributed by atoms with E-state index in [4.69, 9.17) is 4.52 Å². The van der Waals surface area contributed by atoms with E-state index in [1.807, 2.05) is 32.4 Å². The molecule has 0 saturated carbocycles. The van der Waals surface area contributed by atoms with Crippen molar-refractivity contribution in [2.45, 2.75) is 20.0 Å². The minimum Gasteiger partial charge on any atom is -0.360 e. The number of rotatable bonds is 4. The Bertz CT molecular complexity index is 392. The highest BCUT2D eigenvalue weighted by Gasteiger charge is 2.00. The maximum Gasteiger partial charge on any atom is 0.150 e. The summed E-state index contributed by atoms with van der Waals surface area (Å²) in [5.74, 6) is 0.858. The highest BCUT2D eigenvalue weighted by Crippen LogP contribution is 2.02. The van der Waals surface area contributed by atoms with Crippen molar-refractivity contribution >= 4 is 0 Å². The van der Waals surface area contributed by atoms with Crippen molar-refractivity contribution < 1.29 is 4.52 Å². The van der Waals surface area contributed by atoms with Gasteiger partial charge in [-0.1, -0.05) is 5.16 Å². The Hall–Kier alpha value is -1.62. The zero-order valence-corrected chi connectivity index (χ0v) is 8.90. The van der Waals surface area contributed by atoms with Gasteiger partial charge in [-0.15, -0.1) is 0 Å². The lowest BCUT2D eigenvalue weighted by Gasteiger charge is -1.98. The first-order valence-electron chi connectivity index (χ1n) is 4.84. The van der Waals surface area contributed by atoms with E-state index in [1.165, 1.54) is 0 Å². The summed E-state index contributed by atoms with van der Waals surface area (Å²) in [5, 5.41) is 11.2. The summed E-state index contributed by atoms with van der Waals surface area (Å²) in [6.45, 7) is 3.39. The minimum absolute atomic E-state index is 0.690. The summed E-state index contributed by atoms with van der Waals surface area (Å²) in [7, 11) is 1.91. The van der Waals surface area contributed by atoms with Crippen molar-refractivity contribution in [1.82, 2.24) is 20.3 Å². The van der Waals surface area contributed by atoms with E-state index in [9.17, 15) is 0 Å². The zero-order valence-electron chi connectivity index (χ0n) is 8.90. The Kier molecular flexibility index (Phi) is 2.82. The van der Waals surface area contributed by atoms with E-state index in [0.29, 0.717) is 6.54 Å². The normalized spacial score (nSPS) is 10.8. The Morgan fingerprint density at radius 1 is 1.47 bits per heavy atom. The van der Waals surface area contributed by atoms with Crippen molar-refractivity contribution in [2.75, 3.05) is 0 Å². The second-order valence-corrected chi connectivity index (χ2v) is 3.56. The van der Waals surface area contributed by atoms with E-state index >= 15 is 0 Å². The van der Waals surface area contributed by atoms with Crippen LogP contribution >= 0.6 is 0 Å². The lowest BCUT2D eigenvalue weighted by molar-refractivity contribution is 0.369. The molecule has 0 aromatic carbocycles. The molecule has 15 heavy (non-hydrogen) atoms. The predicted octanol–water partition coefficient (Wildman–Crippen LogP) is 1.01. The Morgan fingerprint density at radius 3 is 2.93 bits per heavy atom. The molecule has 5 heteroatoms. The molecule has 0 radical (unpaired) electrons. The van der Waals surface area contributed by atoms with Gasteiger partial charge in [-0.25, -0.2) is 0 Å². The fourth-order valence-electron chi connectivity index (χ4n) is 1.39. The average Bonchev–Trinajstić information content (AvgIpc) is 2.76. The first kappa shape index (κ1) is 9.92. The zero-order chi connectivity index (χ0) is 10.7. The summed E-state index contributed by atoms with van der Waals surface area (Å²) in [5.41, 5.74) is 2.07. The van der Waals surface area contributed by atoms with Gasteiger partial charge in [0.25, 0.3) is 0 Å². The third-order valence-corrected chi connectivity index (χ3v) is 2.06. The van der Waals surface area contributed by atoms with Crippen LogP contribution in [0.4, 0.5) is 0 Å². The van der Waals surface area contributed by atoms with Crippen molar-refractivity contribution in [3.05, 3.63) is 35.5 Å². The van der Waals surface area contributed by atoms with Crippen molar-refractivity contribution in [3.63, 3.8) is 0 Å². The monoisotopic (exact) mass is 206 g/mol. The molecule has 0 aliphatic rings. The van der Waals surface area contributed by atoms with Crippen LogP contribution in [0, 0.1) is 6.92 Å². The fourth-order valence-corrected chi connectivity index (χ4v) is 1.39. The lowest BCUT2D eigenvalue weighted by atomic mass is 10.3. The van der Waals surface area contributed by atoms with E-state index < -0.39 is 0 Å². The molecule has 0 aliphatic heterocycles. The maximum atomic E-state index is 5.07. The van der Waals surface area contributed by atoms with Crippen LogP contribution in [-0.2, 0) is 20.1 Å². The summed E-state index contributed by atoms with van der Waals surface area (Å²) in [6.07, 6.45) is 3.83. The van der Waals surface area contributed by atoms with Gasteiger partial charge in [-0.05, 0) is 6.92 Å². The van der Waals surface area contributed by atoms with Crippen molar-refractivity contribution in [1.29, 1.82) is 0 Å². The van der Waals surface area contributed by atoms with Gasteiger partial charge in [0.15, 0.2) is 5.76 Å². The molecule has 0 atom stereocenters. The van der Waals surface area contributed by atoms with Crippen LogP contribution in [0.5, 0.6) is 0 Å². The Balaban J connectivity index is 1.80. The van der Waals surface area contributed by atoms with E-state index in [-0.39, 0.29) is 0 Å². The van der Waals surface area contributed by atoms with Gasteiger partial charge in [0.05, 0.1) is 18.4 Å².